The Morgan fingerprint density at radius 1 is 1.04 bits per heavy atom. The number of benzene rings is 1. The highest BCUT2D eigenvalue weighted by Gasteiger charge is 2.14. The number of halogens is 1. The summed E-state index contributed by atoms with van der Waals surface area (Å²) in [4.78, 5) is 4.30. The molecule has 3 rings (SSSR count). The fourth-order valence-electron chi connectivity index (χ4n) is 3.37. The molecule has 0 spiro atoms. The van der Waals surface area contributed by atoms with Gasteiger partial charge in [0.1, 0.15) is 11.6 Å². The van der Waals surface area contributed by atoms with Crippen molar-refractivity contribution in [3.8, 4) is 0 Å². The van der Waals surface area contributed by atoms with Gasteiger partial charge in [0.05, 0.1) is 0 Å². The van der Waals surface area contributed by atoms with E-state index >= 15 is 0 Å². The molecule has 0 amide bonds. The van der Waals surface area contributed by atoms with Crippen LogP contribution in [0, 0.1) is 0 Å². The number of hydrogen-bond acceptors (Lipinski definition) is 3. The Bertz CT molecular complexity index is 698. The van der Waals surface area contributed by atoms with Gasteiger partial charge >= 0.3 is 0 Å². The van der Waals surface area contributed by atoms with Gasteiger partial charge in [-0.1, -0.05) is 36.8 Å². The largest absolute Gasteiger partial charge is 0.356 e. The Morgan fingerprint density at radius 3 is 2.67 bits per heavy atom. The number of nitrogens with one attached hydrogen (secondary N) is 2. The molecule has 0 radical (unpaired) electrons. The minimum Gasteiger partial charge on any atom is -0.356 e. The van der Waals surface area contributed by atoms with Gasteiger partial charge in [-0.05, 0) is 31.2 Å². The molecule has 0 saturated carbocycles. The molecule has 6 nitrogen and oxygen atoms in total. The fraction of sp³-hybridized carbons (Fsp3) is 0.550. The van der Waals surface area contributed by atoms with Crippen LogP contribution in [0.25, 0.3) is 0 Å². The fourth-order valence-corrected chi connectivity index (χ4v) is 3.37. The van der Waals surface area contributed by atoms with Crippen LogP contribution in [0.15, 0.2) is 35.3 Å². The Hall–Kier alpha value is -1.64. The standard InChI is InChI=1S/C20H30N6.HI/c1-21-20(23-15-13-17-9-4-2-5-10-17)22-14-8-12-19-25-24-18-11-6-3-7-16-26(18)19;/h2,4-5,9-10H,3,6-8,11-16H2,1H3,(H2,21,22,23);1H. The summed E-state index contributed by atoms with van der Waals surface area (Å²) in [7, 11) is 1.82. The predicted molar refractivity (Wildman–Crippen MR) is 121 cm³/mol. The van der Waals surface area contributed by atoms with Crippen molar-refractivity contribution in [1.29, 1.82) is 0 Å². The lowest BCUT2D eigenvalue weighted by molar-refractivity contribution is 0.594. The highest BCUT2D eigenvalue weighted by Crippen LogP contribution is 2.15. The number of guanidine groups is 1. The van der Waals surface area contributed by atoms with Crippen molar-refractivity contribution in [3.05, 3.63) is 47.5 Å². The Labute approximate surface area is 179 Å². The monoisotopic (exact) mass is 482 g/mol. The van der Waals surface area contributed by atoms with Crippen molar-refractivity contribution >= 4 is 29.9 Å². The van der Waals surface area contributed by atoms with Crippen LogP contribution in [0.3, 0.4) is 0 Å². The number of rotatable bonds is 7. The first kappa shape index (κ1) is 21.7. The van der Waals surface area contributed by atoms with Gasteiger partial charge in [0.15, 0.2) is 5.96 Å². The summed E-state index contributed by atoms with van der Waals surface area (Å²) in [6, 6.07) is 10.5. The van der Waals surface area contributed by atoms with Crippen LogP contribution >= 0.6 is 24.0 Å². The van der Waals surface area contributed by atoms with E-state index in [-0.39, 0.29) is 24.0 Å². The highest BCUT2D eigenvalue weighted by molar-refractivity contribution is 14.0. The highest BCUT2D eigenvalue weighted by atomic mass is 127. The Kier molecular flexibility index (Phi) is 9.58. The predicted octanol–water partition coefficient (Wildman–Crippen LogP) is 2.96. The molecule has 0 saturated heterocycles. The third-order valence-electron chi connectivity index (χ3n) is 4.83. The van der Waals surface area contributed by atoms with E-state index < -0.39 is 0 Å². The van der Waals surface area contributed by atoms with Gasteiger partial charge in [0, 0.05) is 39.5 Å². The summed E-state index contributed by atoms with van der Waals surface area (Å²) in [5.74, 6) is 3.17. The minimum atomic E-state index is 0. The smallest absolute Gasteiger partial charge is 0.190 e. The summed E-state index contributed by atoms with van der Waals surface area (Å²) in [6.07, 6.45) is 7.84. The van der Waals surface area contributed by atoms with E-state index in [9.17, 15) is 0 Å². The molecular formula is C20H31IN6. The van der Waals surface area contributed by atoms with E-state index in [2.05, 4.69) is 54.7 Å². The minimum absolute atomic E-state index is 0. The molecule has 2 N–H and O–H groups in total. The lowest BCUT2D eigenvalue weighted by Gasteiger charge is -2.12. The lowest BCUT2D eigenvalue weighted by Crippen LogP contribution is -2.38. The maximum atomic E-state index is 4.40. The van der Waals surface area contributed by atoms with Crippen molar-refractivity contribution in [2.75, 3.05) is 20.1 Å². The average Bonchev–Trinajstić information content (AvgIpc) is 2.90. The summed E-state index contributed by atoms with van der Waals surface area (Å²) in [5, 5.41) is 15.5. The van der Waals surface area contributed by atoms with E-state index in [4.69, 9.17) is 0 Å². The quantitative estimate of drug-likeness (QED) is 0.276. The molecule has 0 atom stereocenters. The van der Waals surface area contributed by atoms with Gasteiger partial charge in [-0.15, -0.1) is 34.2 Å². The SMILES string of the molecule is CN=C(NCCCc1nnc2n1CCCCC2)NCCc1ccccc1.I. The number of nitrogens with zero attached hydrogens (tertiary/aromatic N) is 4. The van der Waals surface area contributed by atoms with Gasteiger partial charge in [0.2, 0.25) is 0 Å². The molecule has 1 aliphatic heterocycles. The summed E-state index contributed by atoms with van der Waals surface area (Å²) in [5.41, 5.74) is 1.34. The molecule has 1 aromatic heterocycles. The zero-order valence-electron chi connectivity index (χ0n) is 16.2. The van der Waals surface area contributed by atoms with E-state index in [1.165, 1.54) is 30.7 Å². The third kappa shape index (κ3) is 6.79. The number of aromatic nitrogens is 3. The molecule has 2 aromatic rings. The first-order valence-electron chi connectivity index (χ1n) is 9.76. The second-order valence-corrected chi connectivity index (χ2v) is 6.76. The molecule has 0 aliphatic carbocycles. The van der Waals surface area contributed by atoms with Crippen LogP contribution in [0.5, 0.6) is 0 Å². The summed E-state index contributed by atoms with van der Waals surface area (Å²) in [6.45, 7) is 2.84. The number of aryl methyl sites for hydroxylation is 2. The van der Waals surface area contributed by atoms with Crippen LogP contribution in [0.4, 0.5) is 0 Å². The first-order valence-corrected chi connectivity index (χ1v) is 9.76. The number of fused-ring (bicyclic) bond motifs is 1. The Balaban J connectivity index is 0.00000261. The van der Waals surface area contributed by atoms with Crippen LogP contribution in [-0.4, -0.2) is 40.9 Å². The molecule has 2 heterocycles. The number of hydrogen-bond donors (Lipinski definition) is 2. The van der Waals surface area contributed by atoms with E-state index in [1.807, 2.05) is 13.1 Å². The van der Waals surface area contributed by atoms with E-state index in [0.29, 0.717) is 0 Å². The van der Waals surface area contributed by atoms with Gasteiger partial charge < -0.3 is 15.2 Å². The van der Waals surface area contributed by atoms with E-state index in [1.54, 1.807) is 0 Å². The number of aliphatic imine (C=N–C) groups is 1. The second-order valence-electron chi connectivity index (χ2n) is 6.76. The van der Waals surface area contributed by atoms with Crippen molar-refractivity contribution < 1.29 is 0 Å². The first-order chi connectivity index (χ1) is 12.9. The van der Waals surface area contributed by atoms with Gasteiger partial charge in [-0.25, -0.2) is 0 Å². The maximum Gasteiger partial charge on any atom is 0.190 e. The average molecular weight is 482 g/mol. The van der Waals surface area contributed by atoms with Crippen LogP contribution in [0.1, 0.15) is 42.9 Å². The molecule has 7 heteroatoms. The van der Waals surface area contributed by atoms with Gasteiger partial charge in [-0.2, -0.15) is 0 Å². The third-order valence-corrected chi connectivity index (χ3v) is 4.83. The van der Waals surface area contributed by atoms with Crippen molar-refractivity contribution in [3.63, 3.8) is 0 Å². The van der Waals surface area contributed by atoms with Crippen LogP contribution < -0.4 is 10.6 Å². The zero-order chi connectivity index (χ0) is 18.0. The van der Waals surface area contributed by atoms with Crippen molar-refractivity contribution in [2.24, 2.45) is 4.99 Å². The molecule has 0 unspecified atom stereocenters. The summed E-state index contributed by atoms with van der Waals surface area (Å²) < 4.78 is 2.33. The topological polar surface area (TPSA) is 67.1 Å². The van der Waals surface area contributed by atoms with Gasteiger partial charge in [0.25, 0.3) is 0 Å². The van der Waals surface area contributed by atoms with Crippen LogP contribution in [-0.2, 0) is 25.8 Å². The molecule has 0 bridgehead atoms. The molecule has 1 aliphatic rings. The van der Waals surface area contributed by atoms with Crippen LogP contribution in [0.2, 0.25) is 0 Å². The maximum absolute atomic E-state index is 4.40. The Morgan fingerprint density at radius 2 is 1.85 bits per heavy atom. The molecule has 148 valence electrons. The van der Waals surface area contributed by atoms with Crippen molar-refractivity contribution in [1.82, 2.24) is 25.4 Å². The van der Waals surface area contributed by atoms with Crippen molar-refractivity contribution in [2.45, 2.75) is 51.5 Å². The molecule has 0 fully saturated rings. The molecule has 27 heavy (non-hydrogen) atoms. The van der Waals surface area contributed by atoms with Gasteiger partial charge in [-0.3, -0.25) is 4.99 Å². The summed E-state index contributed by atoms with van der Waals surface area (Å²) >= 11 is 0. The molecular weight excluding hydrogens is 451 g/mol. The molecule has 1 aromatic carbocycles. The van der Waals surface area contributed by atoms with E-state index in [0.717, 1.165) is 57.1 Å². The lowest BCUT2D eigenvalue weighted by atomic mass is 10.1. The normalized spacial score (nSPS) is 14.0. The second kappa shape index (κ2) is 11.9. The zero-order valence-corrected chi connectivity index (χ0v) is 18.5.